The van der Waals surface area contributed by atoms with E-state index in [1.807, 2.05) is 13.8 Å². The van der Waals surface area contributed by atoms with Crippen molar-refractivity contribution in [1.29, 1.82) is 0 Å². The van der Waals surface area contributed by atoms with Crippen molar-refractivity contribution in [2.45, 2.75) is 90.1 Å². The van der Waals surface area contributed by atoms with Crippen LogP contribution in [0.4, 0.5) is 0 Å². The van der Waals surface area contributed by atoms with Gasteiger partial charge in [-0.2, -0.15) is 0 Å². The van der Waals surface area contributed by atoms with Gasteiger partial charge in [-0.15, -0.1) is 0 Å². The third-order valence-corrected chi connectivity index (χ3v) is 9.27. The number of hydrogen-bond donors (Lipinski definition) is 10. The molecule has 7 amide bonds. The van der Waals surface area contributed by atoms with E-state index in [4.69, 9.17) is 5.73 Å². The maximum atomic E-state index is 13.5. The summed E-state index contributed by atoms with van der Waals surface area (Å²) in [5.74, 6) is -6.15. The van der Waals surface area contributed by atoms with Gasteiger partial charge in [-0.3, -0.25) is 33.6 Å². The standard InChI is InChI=1S/C43H56N8O10/c1-24(2)19-35(43(60)61)51-42(59)34(20-28-9-7-6-8-10-28)49-37(54)23-45-36(53)22-46-41(58)33(21-29-11-13-30(14-12-29)31-15-17-32(52)18-16-31)50-40(57)27(5)48-39(56)26(4)47-38(55)25(3)44/h6-18,24-27,33-35,52H,19-23,44H2,1-5H3,(H,45,53)(H,46,58)(H,47,55)(H,48,56)(H,49,54)(H,50,57)(H,51,59)(H,60,61)/t25-,26-,27-,33-,34-,35-/m0/s1. The van der Waals surface area contributed by atoms with Crippen molar-refractivity contribution in [2.75, 3.05) is 13.1 Å². The molecule has 0 aliphatic carbocycles. The quantitative estimate of drug-likeness (QED) is 0.0644. The molecule has 18 heteroatoms. The van der Waals surface area contributed by atoms with Gasteiger partial charge in [-0.1, -0.05) is 80.6 Å². The average Bonchev–Trinajstić information content (AvgIpc) is 3.21. The Kier molecular flexibility index (Phi) is 18.9. The zero-order valence-electron chi connectivity index (χ0n) is 34.8. The summed E-state index contributed by atoms with van der Waals surface area (Å²) < 4.78 is 0. The summed E-state index contributed by atoms with van der Waals surface area (Å²) in [6.07, 6.45) is 0.162. The Balaban J connectivity index is 1.67. The maximum absolute atomic E-state index is 13.5. The van der Waals surface area contributed by atoms with Crippen molar-refractivity contribution in [3.8, 4) is 16.9 Å². The van der Waals surface area contributed by atoms with Crippen LogP contribution in [0.3, 0.4) is 0 Å². The second-order valence-corrected chi connectivity index (χ2v) is 15.1. The molecule has 0 bridgehead atoms. The van der Waals surface area contributed by atoms with Crippen molar-refractivity contribution in [3.05, 3.63) is 90.0 Å². The number of amides is 7. The van der Waals surface area contributed by atoms with Gasteiger partial charge >= 0.3 is 5.97 Å². The molecule has 0 saturated carbocycles. The molecule has 0 unspecified atom stereocenters. The van der Waals surface area contributed by atoms with Crippen LogP contribution in [0.2, 0.25) is 0 Å². The van der Waals surface area contributed by atoms with Gasteiger partial charge in [-0.05, 0) is 67.5 Å². The monoisotopic (exact) mass is 844 g/mol. The van der Waals surface area contributed by atoms with Crippen molar-refractivity contribution in [1.82, 2.24) is 37.2 Å². The summed E-state index contributed by atoms with van der Waals surface area (Å²) in [5.41, 5.74) is 8.51. The van der Waals surface area contributed by atoms with Crippen LogP contribution in [0.5, 0.6) is 5.75 Å². The zero-order chi connectivity index (χ0) is 45.2. The largest absolute Gasteiger partial charge is 0.508 e. The average molecular weight is 845 g/mol. The Bertz CT molecular complexity index is 1990. The molecule has 0 aliphatic heterocycles. The van der Waals surface area contributed by atoms with E-state index in [0.717, 1.165) is 11.1 Å². The highest BCUT2D eigenvalue weighted by atomic mass is 16.4. The number of nitrogens with one attached hydrogen (secondary N) is 7. The minimum absolute atomic E-state index is 0.0362. The lowest BCUT2D eigenvalue weighted by atomic mass is 10.00. The van der Waals surface area contributed by atoms with Gasteiger partial charge in [0.15, 0.2) is 0 Å². The molecule has 328 valence electrons. The third-order valence-electron chi connectivity index (χ3n) is 9.27. The van der Waals surface area contributed by atoms with E-state index in [1.165, 1.54) is 20.8 Å². The van der Waals surface area contributed by atoms with E-state index in [-0.39, 0.29) is 30.9 Å². The van der Waals surface area contributed by atoms with Crippen molar-refractivity contribution < 1.29 is 48.6 Å². The molecular weight excluding hydrogens is 789 g/mol. The molecule has 6 atom stereocenters. The molecule has 0 saturated heterocycles. The van der Waals surface area contributed by atoms with Gasteiger partial charge in [0, 0.05) is 12.8 Å². The molecular formula is C43H56N8O10. The number of carboxylic acids is 1. The number of carbonyl (C=O) groups is 8. The molecule has 3 aromatic carbocycles. The summed E-state index contributed by atoms with van der Waals surface area (Å²) in [6.45, 7) is 6.68. The first kappa shape index (κ1) is 48.5. The van der Waals surface area contributed by atoms with Crippen LogP contribution in [0.25, 0.3) is 11.1 Å². The molecule has 18 nitrogen and oxygen atoms in total. The fraction of sp³-hybridized carbons (Fsp3) is 0.395. The van der Waals surface area contributed by atoms with Gasteiger partial charge in [0.1, 0.15) is 36.0 Å². The van der Waals surface area contributed by atoms with E-state index in [9.17, 15) is 48.6 Å². The van der Waals surface area contributed by atoms with Crippen LogP contribution in [0, 0.1) is 5.92 Å². The van der Waals surface area contributed by atoms with Crippen molar-refractivity contribution in [3.63, 3.8) is 0 Å². The third kappa shape index (κ3) is 16.8. The molecule has 0 heterocycles. The van der Waals surface area contributed by atoms with Crippen LogP contribution in [-0.2, 0) is 51.2 Å². The summed E-state index contributed by atoms with van der Waals surface area (Å²) in [7, 11) is 0. The lowest BCUT2D eigenvalue weighted by Gasteiger charge is -2.23. The highest BCUT2D eigenvalue weighted by Gasteiger charge is 2.29. The van der Waals surface area contributed by atoms with Crippen molar-refractivity contribution >= 4 is 47.3 Å². The normalized spacial score (nSPS) is 13.8. The first-order valence-corrected chi connectivity index (χ1v) is 19.8. The molecule has 0 radical (unpaired) electrons. The number of hydrogen-bond acceptors (Lipinski definition) is 10. The number of nitrogens with two attached hydrogens (primary N) is 1. The minimum atomic E-state index is -1.25. The summed E-state index contributed by atoms with van der Waals surface area (Å²) in [6, 6.07) is 15.7. The number of benzene rings is 3. The zero-order valence-corrected chi connectivity index (χ0v) is 34.8. The van der Waals surface area contributed by atoms with Crippen LogP contribution in [0.1, 0.15) is 52.2 Å². The lowest BCUT2D eigenvalue weighted by Crippen LogP contribution is -2.57. The van der Waals surface area contributed by atoms with Crippen LogP contribution < -0.4 is 43.0 Å². The van der Waals surface area contributed by atoms with E-state index in [2.05, 4.69) is 37.2 Å². The first-order chi connectivity index (χ1) is 28.8. The molecule has 0 fully saturated rings. The number of carboxylic acid groups (broad SMARTS) is 1. The number of aliphatic carboxylic acids is 1. The number of phenolic OH excluding ortho intramolecular Hbond substituents is 1. The predicted molar refractivity (Wildman–Crippen MR) is 225 cm³/mol. The van der Waals surface area contributed by atoms with Crippen molar-refractivity contribution in [2.24, 2.45) is 11.7 Å². The van der Waals surface area contributed by atoms with E-state index >= 15 is 0 Å². The predicted octanol–water partition coefficient (Wildman–Crippen LogP) is 0.0185. The topological polar surface area (TPSA) is 287 Å². The van der Waals surface area contributed by atoms with E-state index in [0.29, 0.717) is 11.1 Å². The fourth-order valence-electron chi connectivity index (χ4n) is 5.84. The number of aromatic hydroxyl groups is 1. The summed E-state index contributed by atoms with van der Waals surface area (Å²) >= 11 is 0. The van der Waals surface area contributed by atoms with Gasteiger partial charge in [-0.25, -0.2) is 4.79 Å². The molecule has 0 aliphatic rings. The minimum Gasteiger partial charge on any atom is -0.508 e. The maximum Gasteiger partial charge on any atom is 0.326 e. The highest BCUT2D eigenvalue weighted by Crippen LogP contribution is 2.22. The van der Waals surface area contributed by atoms with Crippen LogP contribution >= 0.6 is 0 Å². The SMILES string of the molecule is CC(C)C[C@H](NC(=O)[C@H](Cc1ccccc1)NC(=O)CNC(=O)CNC(=O)[C@H](Cc1ccc(-c2ccc(O)cc2)cc1)NC(=O)[C@H](C)NC(=O)[C@H](C)NC(=O)[C@H](C)N)C(=O)O. The summed E-state index contributed by atoms with van der Waals surface area (Å²) in [5, 5.41) is 36.7. The second-order valence-electron chi connectivity index (χ2n) is 15.1. The number of phenols is 1. The molecule has 11 N–H and O–H groups in total. The van der Waals surface area contributed by atoms with Gasteiger partial charge < -0.3 is 53.2 Å². The molecule has 61 heavy (non-hydrogen) atoms. The second kappa shape index (κ2) is 23.7. The number of carbonyl (C=O) groups excluding carboxylic acids is 7. The Labute approximate surface area is 354 Å². The van der Waals surface area contributed by atoms with Gasteiger partial charge in [0.25, 0.3) is 0 Å². The molecule has 0 aromatic heterocycles. The highest BCUT2D eigenvalue weighted by molar-refractivity contribution is 5.96. The Morgan fingerprint density at radius 2 is 1.00 bits per heavy atom. The number of rotatable bonds is 22. The van der Waals surface area contributed by atoms with Gasteiger partial charge in [0.05, 0.1) is 19.1 Å². The van der Waals surface area contributed by atoms with E-state index < -0.39 is 96.7 Å². The Morgan fingerprint density at radius 1 is 0.525 bits per heavy atom. The lowest BCUT2D eigenvalue weighted by molar-refractivity contribution is -0.142. The smallest absolute Gasteiger partial charge is 0.326 e. The van der Waals surface area contributed by atoms with Gasteiger partial charge in [0.2, 0.25) is 41.4 Å². The van der Waals surface area contributed by atoms with Crippen LogP contribution in [-0.4, -0.2) is 107 Å². The Hall–Kier alpha value is -6.82. The van der Waals surface area contributed by atoms with E-state index in [1.54, 1.807) is 78.9 Å². The van der Waals surface area contributed by atoms with Crippen LogP contribution in [0.15, 0.2) is 78.9 Å². The first-order valence-electron chi connectivity index (χ1n) is 19.8. The summed E-state index contributed by atoms with van der Waals surface area (Å²) in [4.78, 5) is 102. The molecule has 0 spiro atoms. The molecule has 3 rings (SSSR count). The fourth-order valence-corrected chi connectivity index (χ4v) is 5.84. The Morgan fingerprint density at radius 3 is 1.54 bits per heavy atom. The molecule has 3 aromatic rings.